The number of anilines is 1. The molecule has 0 aliphatic carbocycles. The van der Waals surface area contributed by atoms with Crippen molar-refractivity contribution in [2.45, 2.75) is 25.7 Å². The number of ether oxygens (including phenoxy) is 2. The molecule has 0 heterocycles. The zero-order valence-electron chi connectivity index (χ0n) is 15.4. The normalized spacial score (nSPS) is 11.1. The van der Waals surface area contributed by atoms with Gasteiger partial charge in [-0.1, -0.05) is 6.07 Å². The Bertz CT molecular complexity index is 893. The van der Waals surface area contributed by atoms with Gasteiger partial charge in [-0.15, -0.1) is 0 Å². The number of hydrogen-bond acceptors (Lipinski definition) is 5. The standard InChI is InChI=1S/C19H23NO5S/c1-5-20(16-9-7-8-15(13-16)19(21)25-6-2)26(22,23)17-10-11-18(24-4)14(3)12-17/h7-13H,5-6H2,1-4H3. The molecule has 7 heteroatoms. The van der Waals surface area contributed by atoms with E-state index in [2.05, 4.69) is 0 Å². The van der Waals surface area contributed by atoms with E-state index in [0.29, 0.717) is 17.0 Å². The molecule has 2 aromatic carbocycles. The number of aryl methyl sites for hydroxylation is 1. The first kappa shape index (κ1) is 19.8. The van der Waals surface area contributed by atoms with Gasteiger partial charge in [-0.3, -0.25) is 4.31 Å². The predicted molar refractivity (Wildman–Crippen MR) is 100 cm³/mol. The Morgan fingerprint density at radius 3 is 2.42 bits per heavy atom. The van der Waals surface area contributed by atoms with Crippen LogP contribution in [0.5, 0.6) is 5.75 Å². The molecule has 0 radical (unpaired) electrons. The lowest BCUT2D eigenvalue weighted by Crippen LogP contribution is -2.31. The van der Waals surface area contributed by atoms with Gasteiger partial charge in [0.2, 0.25) is 0 Å². The summed E-state index contributed by atoms with van der Waals surface area (Å²) < 4.78 is 37.6. The van der Waals surface area contributed by atoms with E-state index in [1.165, 1.54) is 23.5 Å². The Kier molecular flexibility index (Phi) is 6.26. The molecular formula is C19H23NO5S. The minimum Gasteiger partial charge on any atom is -0.496 e. The molecule has 0 saturated carbocycles. The average molecular weight is 377 g/mol. The lowest BCUT2D eigenvalue weighted by molar-refractivity contribution is 0.0526. The molecule has 0 aromatic heterocycles. The molecule has 2 aromatic rings. The quantitative estimate of drug-likeness (QED) is 0.692. The van der Waals surface area contributed by atoms with Crippen molar-refractivity contribution in [2.75, 3.05) is 24.6 Å². The average Bonchev–Trinajstić information content (AvgIpc) is 2.62. The third-order valence-corrected chi connectivity index (χ3v) is 5.79. The Morgan fingerprint density at radius 1 is 1.12 bits per heavy atom. The lowest BCUT2D eigenvalue weighted by Gasteiger charge is -2.23. The highest BCUT2D eigenvalue weighted by Gasteiger charge is 2.25. The van der Waals surface area contributed by atoms with Crippen LogP contribution in [0.25, 0.3) is 0 Å². The van der Waals surface area contributed by atoms with E-state index in [0.717, 1.165) is 5.56 Å². The number of carbonyl (C=O) groups excluding carboxylic acids is 1. The van der Waals surface area contributed by atoms with Crippen LogP contribution in [0.15, 0.2) is 47.4 Å². The van der Waals surface area contributed by atoms with Crippen LogP contribution < -0.4 is 9.04 Å². The SMILES string of the molecule is CCOC(=O)c1cccc(N(CC)S(=O)(=O)c2ccc(OC)c(C)c2)c1. The fraction of sp³-hybridized carbons (Fsp3) is 0.316. The third kappa shape index (κ3) is 3.99. The molecule has 0 fully saturated rings. The molecule has 6 nitrogen and oxygen atoms in total. The molecule has 0 N–H and O–H groups in total. The first-order chi connectivity index (χ1) is 12.3. The molecule has 0 unspecified atom stereocenters. The summed E-state index contributed by atoms with van der Waals surface area (Å²) in [5.41, 5.74) is 1.44. The smallest absolute Gasteiger partial charge is 0.338 e. The summed E-state index contributed by atoms with van der Waals surface area (Å²) >= 11 is 0. The number of nitrogens with zero attached hydrogens (tertiary/aromatic N) is 1. The molecule has 0 bridgehead atoms. The summed E-state index contributed by atoms with van der Waals surface area (Å²) in [6.45, 7) is 5.72. The molecule has 0 aliphatic heterocycles. The van der Waals surface area contributed by atoms with Gasteiger partial charge < -0.3 is 9.47 Å². The van der Waals surface area contributed by atoms with Gasteiger partial charge >= 0.3 is 5.97 Å². The van der Waals surface area contributed by atoms with Crippen LogP contribution in [0.3, 0.4) is 0 Å². The highest BCUT2D eigenvalue weighted by molar-refractivity contribution is 7.92. The largest absolute Gasteiger partial charge is 0.496 e. The van der Waals surface area contributed by atoms with E-state index >= 15 is 0 Å². The van der Waals surface area contributed by atoms with Gasteiger partial charge in [0.1, 0.15) is 5.75 Å². The molecule has 0 spiro atoms. The molecule has 0 atom stereocenters. The van der Waals surface area contributed by atoms with Gasteiger partial charge in [0, 0.05) is 6.54 Å². The van der Waals surface area contributed by atoms with E-state index in [9.17, 15) is 13.2 Å². The second-order valence-electron chi connectivity index (χ2n) is 5.57. The Morgan fingerprint density at radius 2 is 1.85 bits per heavy atom. The predicted octanol–water partition coefficient (Wildman–Crippen LogP) is 3.40. The lowest BCUT2D eigenvalue weighted by atomic mass is 10.2. The van der Waals surface area contributed by atoms with Crippen molar-refractivity contribution in [1.29, 1.82) is 0 Å². The molecule has 140 valence electrons. The summed E-state index contributed by atoms with van der Waals surface area (Å²) in [5.74, 6) is 0.138. The first-order valence-electron chi connectivity index (χ1n) is 8.29. The monoisotopic (exact) mass is 377 g/mol. The van der Waals surface area contributed by atoms with Crippen molar-refractivity contribution < 1.29 is 22.7 Å². The molecular weight excluding hydrogens is 354 g/mol. The van der Waals surface area contributed by atoms with Gasteiger partial charge in [0.05, 0.1) is 29.9 Å². The Labute approximate surface area is 154 Å². The summed E-state index contributed by atoms with van der Waals surface area (Å²) in [5, 5.41) is 0. The fourth-order valence-corrected chi connectivity index (χ4v) is 4.18. The van der Waals surface area contributed by atoms with Gasteiger partial charge in [-0.2, -0.15) is 0 Å². The van der Waals surface area contributed by atoms with E-state index < -0.39 is 16.0 Å². The maximum absolute atomic E-state index is 13.1. The zero-order valence-corrected chi connectivity index (χ0v) is 16.2. The van der Waals surface area contributed by atoms with Crippen LogP contribution in [-0.4, -0.2) is 34.6 Å². The first-order valence-corrected chi connectivity index (χ1v) is 9.73. The third-order valence-electron chi connectivity index (χ3n) is 3.89. The summed E-state index contributed by atoms with van der Waals surface area (Å²) in [6, 6.07) is 11.1. The van der Waals surface area contributed by atoms with Gasteiger partial charge in [-0.05, 0) is 62.7 Å². The van der Waals surface area contributed by atoms with Gasteiger partial charge in [0.25, 0.3) is 10.0 Å². The number of methoxy groups -OCH3 is 1. The number of benzene rings is 2. The topological polar surface area (TPSA) is 72.9 Å². The minimum atomic E-state index is -3.78. The maximum Gasteiger partial charge on any atom is 0.338 e. The zero-order chi connectivity index (χ0) is 19.3. The number of sulfonamides is 1. The van der Waals surface area contributed by atoms with Crippen LogP contribution in [0.1, 0.15) is 29.8 Å². The molecule has 0 saturated heterocycles. The van der Waals surface area contributed by atoms with Crippen LogP contribution in [-0.2, 0) is 14.8 Å². The number of esters is 1. The maximum atomic E-state index is 13.1. The minimum absolute atomic E-state index is 0.166. The number of hydrogen-bond donors (Lipinski definition) is 0. The summed E-state index contributed by atoms with van der Waals surface area (Å²) in [7, 11) is -2.24. The molecule has 26 heavy (non-hydrogen) atoms. The van der Waals surface area contributed by atoms with Gasteiger partial charge in [-0.25, -0.2) is 13.2 Å². The van der Waals surface area contributed by atoms with Crippen LogP contribution in [0.2, 0.25) is 0 Å². The summed E-state index contributed by atoms with van der Waals surface area (Å²) in [4.78, 5) is 12.1. The number of rotatable bonds is 7. The van der Waals surface area contributed by atoms with Crippen molar-refractivity contribution in [3.63, 3.8) is 0 Å². The summed E-state index contributed by atoms with van der Waals surface area (Å²) in [6.07, 6.45) is 0. The molecule has 0 aliphatic rings. The Hall–Kier alpha value is -2.54. The highest BCUT2D eigenvalue weighted by Crippen LogP contribution is 2.27. The molecule has 2 rings (SSSR count). The van der Waals surface area contributed by atoms with Crippen LogP contribution >= 0.6 is 0 Å². The molecule has 0 amide bonds. The van der Waals surface area contributed by atoms with Crippen molar-refractivity contribution in [2.24, 2.45) is 0 Å². The van der Waals surface area contributed by atoms with Gasteiger partial charge in [0.15, 0.2) is 0 Å². The van der Waals surface area contributed by atoms with E-state index in [1.807, 2.05) is 0 Å². The van der Waals surface area contributed by atoms with Crippen molar-refractivity contribution in [3.8, 4) is 5.75 Å². The fourth-order valence-electron chi connectivity index (χ4n) is 2.63. The number of carbonyl (C=O) groups is 1. The van der Waals surface area contributed by atoms with Crippen molar-refractivity contribution in [1.82, 2.24) is 0 Å². The Balaban J connectivity index is 2.45. The second kappa shape index (κ2) is 8.23. The van der Waals surface area contributed by atoms with E-state index in [-0.39, 0.29) is 18.0 Å². The van der Waals surface area contributed by atoms with Crippen molar-refractivity contribution in [3.05, 3.63) is 53.6 Å². The van der Waals surface area contributed by atoms with Crippen molar-refractivity contribution >= 4 is 21.7 Å². The highest BCUT2D eigenvalue weighted by atomic mass is 32.2. The second-order valence-corrected chi connectivity index (χ2v) is 7.43. The van der Waals surface area contributed by atoms with Crippen LogP contribution in [0, 0.1) is 6.92 Å². The van der Waals surface area contributed by atoms with Crippen LogP contribution in [0.4, 0.5) is 5.69 Å². The van der Waals surface area contributed by atoms with E-state index in [4.69, 9.17) is 9.47 Å². The van der Waals surface area contributed by atoms with E-state index in [1.54, 1.807) is 51.1 Å².